The molecule has 1 unspecified atom stereocenters. The van der Waals surface area contributed by atoms with Gasteiger partial charge in [0.2, 0.25) is 5.91 Å². The van der Waals surface area contributed by atoms with Gasteiger partial charge in [-0.15, -0.1) is 0 Å². The van der Waals surface area contributed by atoms with Crippen LogP contribution in [0.5, 0.6) is 0 Å². The number of hydrogen-bond acceptors (Lipinski definition) is 2. The first-order valence-corrected chi connectivity index (χ1v) is 5.25. The molecule has 13 heavy (non-hydrogen) atoms. The molecule has 0 aliphatic carbocycles. The van der Waals surface area contributed by atoms with Gasteiger partial charge >= 0.3 is 0 Å². The molecule has 0 radical (unpaired) electrons. The molecule has 1 N–H and O–H groups in total. The molecule has 0 aromatic rings. The molecule has 2 aliphatic rings. The number of rotatable bonds is 0. The first-order valence-electron chi connectivity index (χ1n) is 5.25. The second-order valence-electron chi connectivity index (χ2n) is 3.56. The summed E-state index contributed by atoms with van der Waals surface area (Å²) in [6.07, 6.45) is 3.22. The number of carbonyl (C=O) groups is 1. The zero-order valence-corrected chi connectivity index (χ0v) is 8.89. The molecule has 0 aromatic carbocycles. The summed E-state index contributed by atoms with van der Waals surface area (Å²) in [5, 5.41) is 2.90. The lowest BCUT2D eigenvalue weighted by Gasteiger charge is -2.28. The minimum Gasteiger partial charge on any atom is -0.354 e. The van der Waals surface area contributed by atoms with E-state index in [-0.39, 0.29) is 11.4 Å². The van der Waals surface area contributed by atoms with Gasteiger partial charge in [0.05, 0.1) is 0 Å². The Morgan fingerprint density at radius 3 is 2.46 bits per heavy atom. The smallest absolute Gasteiger partial charge is 0.240 e. The molecule has 2 heterocycles. The molecule has 1 atom stereocenters. The summed E-state index contributed by atoms with van der Waals surface area (Å²) in [6.45, 7) is 5.94. The Morgan fingerprint density at radius 1 is 1.38 bits per heavy atom. The molecule has 3 nitrogen and oxygen atoms in total. The number of likely N-dealkylation sites (N-methyl/N-ethyl adjacent to an activating group) is 1. The fourth-order valence-corrected chi connectivity index (χ4v) is 2.28. The summed E-state index contributed by atoms with van der Waals surface area (Å²) in [4.78, 5) is 13.7. The Hall–Kier alpha value is -0.570. The summed E-state index contributed by atoms with van der Waals surface area (Å²) in [7, 11) is 2.05. The van der Waals surface area contributed by atoms with E-state index < -0.39 is 0 Å². The van der Waals surface area contributed by atoms with Gasteiger partial charge < -0.3 is 5.32 Å². The summed E-state index contributed by atoms with van der Waals surface area (Å²) in [6, 6.07) is 0. The second-order valence-corrected chi connectivity index (χ2v) is 3.56. The van der Waals surface area contributed by atoms with E-state index in [1.807, 2.05) is 13.8 Å². The molecule has 0 aromatic heterocycles. The topological polar surface area (TPSA) is 32.3 Å². The third kappa shape index (κ3) is 1.57. The molecule has 76 valence electrons. The van der Waals surface area contributed by atoms with Crippen LogP contribution in [0.3, 0.4) is 0 Å². The van der Waals surface area contributed by atoms with Crippen molar-refractivity contribution in [2.24, 2.45) is 0 Å². The zero-order chi connectivity index (χ0) is 9.90. The lowest BCUT2D eigenvalue weighted by atomic mass is 9.95. The fourth-order valence-electron chi connectivity index (χ4n) is 2.28. The summed E-state index contributed by atoms with van der Waals surface area (Å²) < 4.78 is 0. The van der Waals surface area contributed by atoms with Crippen molar-refractivity contribution >= 4 is 5.91 Å². The van der Waals surface area contributed by atoms with Gasteiger partial charge in [-0.25, -0.2) is 0 Å². The van der Waals surface area contributed by atoms with Crippen molar-refractivity contribution in [3.05, 3.63) is 0 Å². The van der Waals surface area contributed by atoms with Gasteiger partial charge in [-0.1, -0.05) is 13.8 Å². The van der Waals surface area contributed by atoms with Crippen molar-refractivity contribution in [1.29, 1.82) is 0 Å². The highest BCUT2D eigenvalue weighted by atomic mass is 16.2. The molecule has 0 saturated carbocycles. The normalized spacial score (nSPS) is 33.0. The molecule has 2 rings (SSSR count). The first-order chi connectivity index (χ1) is 6.26. The largest absolute Gasteiger partial charge is 0.354 e. The molecular weight excluding hydrogens is 164 g/mol. The molecular formula is C10H20N2O. The van der Waals surface area contributed by atoms with Crippen molar-refractivity contribution in [1.82, 2.24) is 10.2 Å². The highest BCUT2D eigenvalue weighted by Crippen LogP contribution is 2.33. The third-order valence-corrected chi connectivity index (χ3v) is 3.06. The molecule has 1 amide bonds. The van der Waals surface area contributed by atoms with Crippen LogP contribution in [0.25, 0.3) is 0 Å². The van der Waals surface area contributed by atoms with E-state index in [1.54, 1.807) is 0 Å². The predicted octanol–water partition coefficient (Wildman–Crippen LogP) is 0.997. The Kier molecular flexibility index (Phi) is 3.31. The minimum absolute atomic E-state index is 0.111. The van der Waals surface area contributed by atoms with E-state index in [4.69, 9.17) is 0 Å². The van der Waals surface area contributed by atoms with E-state index in [0.29, 0.717) is 0 Å². The summed E-state index contributed by atoms with van der Waals surface area (Å²) in [5.41, 5.74) is -0.111. The number of amides is 1. The maximum absolute atomic E-state index is 11.5. The van der Waals surface area contributed by atoms with Gasteiger partial charge in [0.15, 0.2) is 0 Å². The van der Waals surface area contributed by atoms with Crippen molar-refractivity contribution in [3.63, 3.8) is 0 Å². The van der Waals surface area contributed by atoms with Gasteiger partial charge in [-0.3, -0.25) is 9.69 Å². The van der Waals surface area contributed by atoms with Crippen LogP contribution >= 0.6 is 0 Å². The van der Waals surface area contributed by atoms with Gasteiger partial charge in [-0.05, 0) is 32.9 Å². The van der Waals surface area contributed by atoms with E-state index in [2.05, 4.69) is 17.3 Å². The van der Waals surface area contributed by atoms with Crippen molar-refractivity contribution in [3.8, 4) is 0 Å². The maximum Gasteiger partial charge on any atom is 0.240 e. The van der Waals surface area contributed by atoms with Crippen molar-refractivity contribution in [2.75, 3.05) is 20.1 Å². The van der Waals surface area contributed by atoms with Gasteiger partial charge in [0, 0.05) is 6.54 Å². The van der Waals surface area contributed by atoms with Gasteiger partial charge in [0.1, 0.15) is 5.54 Å². The van der Waals surface area contributed by atoms with Crippen LogP contribution in [0, 0.1) is 0 Å². The molecule has 3 heteroatoms. The molecule has 2 aliphatic heterocycles. The number of nitrogens with one attached hydrogen (secondary N) is 1. The number of likely N-dealkylation sites (tertiary alicyclic amines) is 1. The van der Waals surface area contributed by atoms with E-state index in [9.17, 15) is 4.79 Å². The summed E-state index contributed by atoms with van der Waals surface area (Å²) >= 11 is 0. The average molecular weight is 184 g/mol. The quantitative estimate of drug-likeness (QED) is 0.609. The minimum atomic E-state index is -0.111. The Balaban J connectivity index is 0.000000396. The summed E-state index contributed by atoms with van der Waals surface area (Å²) in [5.74, 6) is 0.248. The van der Waals surface area contributed by atoms with Gasteiger partial charge in [-0.2, -0.15) is 0 Å². The lowest BCUT2D eigenvalue weighted by molar-refractivity contribution is -0.127. The van der Waals surface area contributed by atoms with Crippen LogP contribution in [0.4, 0.5) is 0 Å². The van der Waals surface area contributed by atoms with Crippen LogP contribution in [0.15, 0.2) is 0 Å². The van der Waals surface area contributed by atoms with Crippen LogP contribution < -0.4 is 5.32 Å². The van der Waals surface area contributed by atoms with E-state index in [0.717, 1.165) is 25.9 Å². The van der Waals surface area contributed by atoms with Crippen LogP contribution in [0.2, 0.25) is 0 Å². The Bertz CT molecular complexity index is 189. The van der Waals surface area contributed by atoms with E-state index in [1.165, 1.54) is 6.42 Å². The average Bonchev–Trinajstić information content (AvgIpc) is 2.68. The monoisotopic (exact) mass is 184 g/mol. The van der Waals surface area contributed by atoms with Crippen LogP contribution in [0.1, 0.15) is 33.1 Å². The number of nitrogens with zero attached hydrogens (tertiary/aromatic N) is 1. The molecule has 1 spiro atoms. The maximum atomic E-state index is 11.5. The molecule has 0 bridgehead atoms. The highest BCUT2D eigenvalue weighted by molar-refractivity contribution is 5.88. The second kappa shape index (κ2) is 4.09. The predicted molar refractivity (Wildman–Crippen MR) is 53.6 cm³/mol. The highest BCUT2D eigenvalue weighted by Gasteiger charge is 2.48. The van der Waals surface area contributed by atoms with E-state index >= 15 is 0 Å². The fraction of sp³-hybridized carbons (Fsp3) is 0.900. The first kappa shape index (κ1) is 10.5. The van der Waals surface area contributed by atoms with Crippen molar-refractivity contribution < 1.29 is 4.79 Å². The lowest BCUT2D eigenvalue weighted by Crippen LogP contribution is -2.47. The molecule has 2 saturated heterocycles. The third-order valence-electron chi connectivity index (χ3n) is 3.06. The number of carbonyl (C=O) groups excluding carboxylic acids is 1. The van der Waals surface area contributed by atoms with Crippen LogP contribution in [-0.4, -0.2) is 36.5 Å². The SMILES string of the molecule is CC.CN1CCCC12CCNC2=O. The van der Waals surface area contributed by atoms with Crippen LogP contribution in [-0.2, 0) is 4.79 Å². The zero-order valence-electron chi connectivity index (χ0n) is 8.89. The van der Waals surface area contributed by atoms with Crippen molar-refractivity contribution in [2.45, 2.75) is 38.6 Å². The Morgan fingerprint density at radius 2 is 2.08 bits per heavy atom. The number of hydrogen-bond donors (Lipinski definition) is 1. The standard InChI is InChI=1S/C8H14N2O.C2H6/c1-10-6-2-3-8(10)4-5-9-7(8)11;1-2/h2-6H2,1H3,(H,9,11);1-2H3. The van der Waals surface area contributed by atoms with Gasteiger partial charge in [0.25, 0.3) is 0 Å². The molecule has 2 fully saturated rings. The Labute approximate surface area is 80.5 Å².